The normalized spacial score (nSPS) is 29.8. The van der Waals surface area contributed by atoms with Crippen molar-refractivity contribution in [3.05, 3.63) is 0 Å². The average molecular weight is 253 g/mol. The Morgan fingerprint density at radius 2 is 1.94 bits per heavy atom. The molecule has 2 fully saturated rings. The fraction of sp³-hybridized carbons (Fsp3) is 0.929. The summed E-state index contributed by atoms with van der Waals surface area (Å²) in [6.45, 7) is 7.65. The average Bonchev–Trinajstić information content (AvgIpc) is 2.76. The molecule has 0 bridgehead atoms. The van der Waals surface area contributed by atoms with Gasteiger partial charge in [0.1, 0.15) is 0 Å². The van der Waals surface area contributed by atoms with Crippen molar-refractivity contribution in [2.75, 3.05) is 46.3 Å². The Bertz CT molecular complexity index is 274. The van der Waals surface area contributed by atoms with Crippen molar-refractivity contribution < 1.29 is 4.79 Å². The minimum Gasteiger partial charge on any atom is -0.339 e. The summed E-state index contributed by atoms with van der Waals surface area (Å²) in [4.78, 5) is 16.3. The van der Waals surface area contributed by atoms with Gasteiger partial charge in [-0.15, -0.1) is 0 Å². The van der Waals surface area contributed by atoms with Crippen LogP contribution in [0.25, 0.3) is 0 Å². The monoisotopic (exact) mass is 253 g/mol. The molecule has 1 saturated heterocycles. The molecule has 0 radical (unpaired) electrons. The first-order chi connectivity index (χ1) is 8.66. The molecule has 1 saturated carbocycles. The first-order valence-electron chi connectivity index (χ1n) is 7.34. The summed E-state index contributed by atoms with van der Waals surface area (Å²) in [5.41, 5.74) is 0. The zero-order valence-corrected chi connectivity index (χ0v) is 11.8. The van der Waals surface area contributed by atoms with E-state index in [-0.39, 0.29) is 5.91 Å². The highest BCUT2D eigenvalue weighted by Gasteiger charge is 2.23. The summed E-state index contributed by atoms with van der Waals surface area (Å²) in [7, 11) is 2.11. The molecule has 1 aliphatic heterocycles. The Balaban J connectivity index is 1.62. The molecule has 0 aromatic rings. The fourth-order valence-corrected chi connectivity index (χ4v) is 3.06. The van der Waals surface area contributed by atoms with Crippen LogP contribution in [0.15, 0.2) is 0 Å². The molecular weight excluding hydrogens is 226 g/mol. The van der Waals surface area contributed by atoms with E-state index in [2.05, 4.69) is 24.2 Å². The van der Waals surface area contributed by atoms with Crippen molar-refractivity contribution >= 4 is 5.91 Å². The van der Waals surface area contributed by atoms with Crippen LogP contribution in [0.2, 0.25) is 0 Å². The van der Waals surface area contributed by atoms with Crippen LogP contribution in [0.4, 0.5) is 0 Å². The van der Waals surface area contributed by atoms with E-state index in [9.17, 15) is 4.79 Å². The van der Waals surface area contributed by atoms with Gasteiger partial charge in [0.25, 0.3) is 0 Å². The van der Waals surface area contributed by atoms with Gasteiger partial charge >= 0.3 is 0 Å². The SMILES string of the molecule is CC1CCCC1CNCC(=O)N1CCN(C)CC1. The topological polar surface area (TPSA) is 35.6 Å². The van der Waals surface area contributed by atoms with Crippen molar-refractivity contribution in [3.63, 3.8) is 0 Å². The molecule has 18 heavy (non-hydrogen) atoms. The van der Waals surface area contributed by atoms with Crippen molar-refractivity contribution in [2.45, 2.75) is 26.2 Å². The van der Waals surface area contributed by atoms with Gasteiger partial charge in [0, 0.05) is 26.2 Å². The Morgan fingerprint density at radius 3 is 2.56 bits per heavy atom. The maximum absolute atomic E-state index is 12.0. The van der Waals surface area contributed by atoms with Crippen LogP contribution >= 0.6 is 0 Å². The van der Waals surface area contributed by atoms with E-state index in [4.69, 9.17) is 0 Å². The van der Waals surface area contributed by atoms with Crippen molar-refractivity contribution in [3.8, 4) is 0 Å². The molecule has 2 atom stereocenters. The lowest BCUT2D eigenvalue weighted by atomic mass is 9.98. The second-order valence-electron chi connectivity index (χ2n) is 5.98. The molecule has 2 unspecified atom stereocenters. The van der Waals surface area contributed by atoms with Gasteiger partial charge in [0.05, 0.1) is 6.54 Å². The number of hydrogen-bond acceptors (Lipinski definition) is 3. The van der Waals surface area contributed by atoms with Gasteiger partial charge in [-0.05, 0) is 31.8 Å². The summed E-state index contributed by atoms with van der Waals surface area (Å²) in [5, 5.41) is 3.36. The third kappa shape index (κ3) is 3.69. The minimum absolute atomic E-state index is 0.272. The molecule has 0 aromatic carbocycles. The zero-order chi connectivity index (χ0) is 13.0. The Kier molecular flexibility index (Phi) is 5.01. The molecule has 1 heterocycles. The van der Waals surface area contributed by atoms with Crippen LogP contribution in [-0.2, 0) is 4.79 Å². The highest BCUT2D eigenvalue weighted by atomic mass is 16.2. The summed E-state index contributed by atoms with van der Waals surface area (Å²) in [6, 6.07) is 0. The Morgan fingerprint density at radius 1 is 1.22 bits per heavy atom. The van der Waals surface area contributed by atoms with Crippen LogP contribution < -0.4 is 5.32 Å². The fourth-order valence-electron chi connectivity index (χ4n) is 3.06. The van der Waals surface area contributed by atoms with E-state index in [0.29, 0.717) is 6.54 Å². The van der Waals surface area contributed by atoms with Crippen molar-refractivity contribution in [1.82, 2.24) is 15.1 Å². The highest BCUT2D eigenvalue weighted by molar-refractivity contribution is 5.78. The van der Waals surface area contributed by atoms with Gasteiger partial charge in [-0.25, -0.2) is 0 Å². The number of rotatable bonds is 4. The largest absolute Gasteiger partial charge is 0.339 e. The van der Waals surface area contributed by atoms with Gasteiger partial charge < -0.3 is 15.1 Å². The second-order valence-corrected chi connectivity index (χ2v) is 5.98. The van der Waals surface area contributed by atoms with Crippen molar-refractivity contribution in [1.29, 1.82) is 0 Å². The Hall–Kier alpha value is -0.610. The number of nitrogens with one attached hydrogen (secondary N) is 1. The van der Waals surface area contributed by atoms with E-state index in [0.717, 1.165) is 44.6 Å². The molecule has 0 spiro atoms. The van der Waals surface area contributed by atoms with Gasteiger partial charge in [-0.3, -0.25) is 4.79 Å². The van der Waals surface area contributed by atoms with E-state index >= 15 is 0 Å². The van der Waals surface area contributed by atoms with Crippen LogP contribution in [-0.4, -0.2) is 62.0 Å². The maximum Gasteiger partial charge on any atom is 0.236 e. The molecule has 4 heteroatoms. The van der Waals surface area contributed by atoms with Gasteiger partial charge in [-0.1, -0.05) is 19.8 Å². The van der Waals surface area contributed by atoms with Crippen LogP contribution in [0, 0.1) is 11.8 Å². The smallest absolute Gasteiger partial charge is 0.236 e. The molecular formula is C14H27N3O. The second kappa shape index (κ2) is 6.53. The number of carbonyl (C=O) groups is 1. The molecule has 1 N–H and O–H groups in total. The predicted octanol–water partition coefficient (Wildman–Crippen LogP) is 0.786. The number of carbonyl (C=O) groups excluding carboxylic acids is 1. The molecule has 1 amide bonds. The van der Waals surface area contributed by atoms with Crippen LogP contribution in [0.1, 0.15) is 26.2 Å². The van der Waals surface area contributed by atoms with Crippen LogP contribution in [0.3, 0.4) is 0 Å². The quantitative estimate of drug-likeness (QED) is 0.804. The summed E-state index contributed by atoms with van der Waals surface area (Å²) >= 11 is 0. The maximum atomic E-state index is 12.0. The number of nitrogens with zero attached hydrogens (tertiary/aromatic N) is 2. The molecule has 1 aliphatic carbocycles. The van der Waals surface area contributed by atoms with E-state index in [1.807, 2.05) is 4.90 Å². The first kappa shape index (κ1) is 13.8. The lowest BCUT2D eigenvalue weighted by Crippen LogP contribution is -2.49. The van der Waals surface area contributed by atoms with Gasteiger partial charge in [-0.2, -0.15) is 0 Å². The molecule has 104 valence electrons. The lowest BCUT2D eigenvalue weighted by Gasteiger charge is -2.32. The van der Waals surface area contributed by atoms with Crippen molar-refractivity contribution in [2.24, 2.45) is 11.8 Å². The van der Waals surface area contributed by atoms with Gasteiger partial charge in [0.2, 0.25) is 5.91 Å². The van der Waals surface area contributed by atoms with Gasteiger partial charge in [0.15, 0.2) is 0 Å². The molecule has 2 aliphatic rings. The summed E-state index contributed by atoms with van der Waals surface area (Å²) in [6.07, 6.45) is 4.05. The predicted molar refractivity (Wildman–Crippen MR) is 73.5 cm³/mol. The third-order valence-electron chi connectivity index (χ3n) is 4.58. The Labute approximate surface area is 111 Å². The molecule has 0 aromatic heterocycles. The lowest BCUT2D eigenvalue weighted by molar-refractivity contribution is -0.131. The van der Waals surface area contributed by atoms with Crippen LogP contribution in [0.5, 0.6) is 0 Å². The number of likely N-dealkylation sites (N-methyl/N-ethyl adjacent to an activating group) is 1. The standard InChI is InChI=1S/C14H27N3O/c1-12-4-3-5-13(12)10-15-11-14(18)17-8-6-16(2)7-9-17/h12-13,15H,3-11H2,1-2H3. The number of piperazine rings is 1. The highest BCUT2D eigenvalue weighted by Crippen LogP contribution is 2.30. The van der Waals surface area contributed by atoms with E-state index in [1.54, 1.807) is 0 Å². The molecule has 4 nitrogen and oxygen atoms in total. The first-order valence-corrected chi connectivity index (χ1v) is 7.34. The number of hydrogen-bond donors (Lipinski definition) is 1. The third-order valence-corrected chi connectivity index (χ3v) is 4.58. The summed E-state index contributed by atoms with van der Waals surface area (Å²) in [5.74, 6) is 1.88. The number of amides is 1. The molecule has 2 rings (SSSR count). The van der Waals surface area contributed by atoms with E-state index < -0.39 is 0 Å². The summed E-state index contributed by atoms with van der Waals surface area (Å²) < 4.78 is 0. The van der Waals surface area contributed by atoms with E-state index in [1.165, 1.54) is 19.3 Å². The zero-order valence-electron chi connectivity index (χ0n) is 11.8. The minimum atomic E-state index is 0.272.